The van der Waals surface area contributed by atoms with E-state index in [2.05, 4.69) is 0 Å². The summed E-state index contributed by atoms with van der Waals surface area (Å²) in [6.07, 6.45) is 0. The van der Waals surface area contributed by atoms with Gasteiger partial charge in [0.25, 0.3) is 0 Å². The van der Waals surface area contributed by atoms with Gasteiger partial charge in [-0.05, 0) is 38.1 Å². The van der Waals surface area contributed by atoms with Gasteiger partial charge in [-0.25, -0.2) is 0 Å². The second-order valence-electron chi connectivity index (χ2n) is 3.48. The molecule has 0 saturated carbocycles. The van der Waals surface area contributed by atoms with Crippen LogP contribution in [0.25, 0.3) is 0 Å². The Balaban J connectivity index is 2.48. The lowest BCUT2D eigenvalue weighted by Crippen LogP contribution is -2.08. The lowest BCUT2D eigenvalue weighted by atomic mass is 10.1. The predicted molar refractivity (Wildman–Crippen MR) is 73.4 cm³/mol. The fourth-order valence-corrected chi connectivity index (χ4v) is 2.16. The van der Waals surface area contributed by atoms with Crippen LogP contribution >= 0.6 is 8.60 Å². The Hall–Kier alpha value is -1.00. The molecule has 0 unspecified atom stereocenters. The van der Waals surface area contributed by atoms with Crippen molar-refractivity contribution >= 4 is 14.4 Å². The number of carbonyl (C=O) groups excluding carboxylic acids is 1. The first-order valence-electron chi connectivity index (χ1n) is 6.07. The Bertz CT molecular complexity index is 373. The van der Waals surface area contributed by atoms with Gasteiger partial charge in [-0.3, -0.25) is 4.79 Å². The molecule has 0 fully saturated rings. The van der Waals surface area contributed by atoms with Crippen LogP contribution in [0.4, 0.5) is 0 Å². The Kier molecular flexibility index (Phi) is 7.60. The van der Waals surface area contributed by atoms with Crippen LogP contribution in [-0.4, -0.2) is 32.7 Å². The molecule has 1 aromatic carbocycles. The van der Waals surface area contributed by atoms with Gasteiger partial charge in [0.2, 0.25) is 0 Å². The van der Waals surface area contributed by atoms with Gasteiger partial charge in [-0.2, -0.15) is 0 Å². The van der Waals surface area contributed by atoms with E-state index in [9.17, 15) is 4.79 Å². The number of benzene rings is 1. The molecule has 0 saturated heterocycles. The highest BCUT2D eigenvalue weighted by Crippen LogP contribution is 2.39. The Morgan fingerprint density at radius 2 is 1.63 bits per heavy atom. The van der Waals surface area contributed by atoms with Crippen molar-refractivity contribution in [3.8, 4) is 5.75 Å². The lowest BCUT2D eigenvalue weighted by Gasteiger charge is -2.14. The molecule has 0 bridgehead atoms. The fraction of sp³-hybridized carbons (Fsp3) is 0.462. The third kappa shape index (κ3) is 5.66. The number of carbonyl (C=O) groups is 1. The van der Waals surface area contributed by atoms with Gasteiger partial charge in [0.1, 0.15) is 12.4 Å². The molecular formula is C13H19O5P. The molecule has 0 aliphatic carbocycles. The smallest absolute Gasteiger partial charge is 0.333 e. The molecule has 0 aliphatic heterocycles. The zero-order valence-electron chi connectivity index (χ0n) is 11.4. The first-order chi connectivity index (χ1) is 9.21. The maximum atomic E-state index is 11.9. The van der Waals surface area contributed by atoms with E-state index in [0.29, 0.717) is 24.5 Å². The minimum Gasteiger partial charge on any atom is -0.497 e. The topological polar surface area (TPSA) is 54.0 Å². The molecule has 0 radical (unpaired) electrons. The number of methoxy groups -OCH3 is 1. The highest BCUT2D eigenvalue weighted by atomic mass is 31.2. The van der Waals surface area contributed by atoms with Crippen LogP contribution in [0.1, 0.15) is 24.2 Å². The van der Waals surface area contributed by atoms with Crippen molar-refractivity contribution in [1.29, 1.82) is 0 Å². The van der Waals surface area contributed by atoms with Gasteiger partial charge in [-0.15, -0.1) is 0 Å². The number of ether oxygens (including phenoxy) is 1. The second kappa shape index (κ2) is 8.99. The van der Waals surface area contributed by atoms with Crippen LogP contribution < -0.4 is 4.74 Å². The average molecular weight is 286 g/mol. The summed E-state index contributed by atoms with van der Waals surface area (Å²) in [5.41, 5.74) is 0.573. The van der Waals surface area contributed by atoms with E-state index in [-0.39, 0.29) is 12.4 Å². The van der Waals surface area contributed by atoms with E-state index >= 15 is 0 Å². The van der Waals surface area contributed by atoms with E-state index in [0.717, 1.165) is 0 Å². The van der Waals surface area contributed by atoms with Gasteiger partial charge in [0.15, 0.2) is 5.78 Å². The minimum absolute atomic E-state index is 0.0575. The number of hydrogen-bond donors (Lipinski definition) is 0. The van der Waals surface area contributed by atoms with E-state index in [4.69, 9.17) is 18.3 Å². The van der Waals surface area contributed by atoms with Crippen molar-refractivity contribution in [1.82, 2.24) is 0 Å². The average Bonchev–Trinajstić information content (AvgIpc) is 2.45. The first kappa shape index (κ1) is 16.1. The van der Waals surface area contributed by atoms with Gasteiger partial charge >= 0.3 is 8.60 Å². The summed E-state index contributed by atoms with van der Waals surface area (Å²) in [6.45, 7) is 4.62. The predicted octanol–water partition coefficient (Wildman–Crippen LogP) is 3.19. The summed E-state index contributed by atoms with van der Waals surface area (Å²) in [7, 11) is 0.142. The zero-order valence-corrected chi connectivity index (χ0v) is 12.3. The lowest BCUT2D eigenvalue weighted by molar-refractivity contribution is 0.0882. The SMILES string of the molecule is CCOP(OCC)OCC(=O)c1ccc(OC)cc1. The monoisotopic (exact) mass is 286 g/mol. The van der Waals surface area contributed by atoms with Crippen LogP contribution in [0.15, 0.2) is 24.3 Å². The molecule has 19 heavy (non-hydrogen) atoms. The Morgan fingerprint density at radius 3 is 2.11 bits per heavy atom. The molecule has 0 amide bonds. The highest BCUT2D eigenvalue weighted by molar-refractivity contribution is 7.41. The van der Waals surface area contributed by atoms with E-state index in [1.165, 1.54) is 0 Å². The van der Waals surface area contributed by atoms with Crippen LogP contribution in [0.3, 0.4) is 0 Å². The van der Waals surface area contributed by atoms with Crippen molar-refractivity contribution in [2.45, 2.75) is 13.8 Å². The highest BCUT2D eigenvalue weighted by Gasteiger charge is 2.14. The molecular weight excluding hydrogens is 267 g/mol. The van der Waals surface area contributed by atoms with Crippen LogP contribution in [0.2, 0.25) is 0 Å². The maximum Gasteiger partial charge on any atom is 0.333 e. The summed E-state index contributed by atoms with van der Waals surface area (Å²) in [6, 6.07) is 6.88. The normalized spacial score (nSPS) is 10.7. The number of Topliss-reactive ketones (excluding diaryl/α,β-unsaturated/α-hetero) is 1. The van der Waals surface area contributed by atoms with Crippen LogP contribution in [0.5, 0.6) is 5.75 Å². The molecule has 106 valence electrons. The summed E-state index contributed by atoms with van der Waals surface area (Å²) in [5.74, 6) is 0.595. The van der Waals surface area contributed by atoms with Crippen molar-refractivity contribution in [3.05, 3.63) is 29.8 Å². The van der Waals surface area contributed by atoms with Gasteiger partial charge < -0.3 is 18.3 Å². The van der Waals surface area contributed by atoms with Crippen molar-refractivity contribution in [2.75, 3.05) is 26.9 Å². The van der Waals surface area contributed by atoms with Gasteiger partial charge in [0.05, 0.1) is 20.3 Å². The fourth-order valence-electron chi connectivity index (χ4n) is 1.29. The molecule has 6 heteroatoms. The standard InChI is InChI=1S/C13H19O5P/c1-4-16-19(17-5-2)18-10-13(14)11-6-8-12(15-3)9-7-11/h6-9H,4-5,10H2,1-3H3. The molecule has 0 atom stereocenters. The summed E-state index contributed by atoms with van der Waals surface area (Å²) >= 11 is 0. The molecule has 0 aromatic heterocycles. The quantitative estimate of drug-likeness (QED) is 0.515. The van der Waals surface area contributed by atoms with Crippen molar-refractivity contribution < 1.29 is 23.1 Å². The maximum absolute atomic E-state index is 11.9. The molecule has 0 heterocycles. The minimum atomic E-state index is -1.44. The van der Waals surface area contributed by atoms with Crippen LogP contribution in [-0.2, 0) is 13.6 Å². The van der Waals surface area contributed by atoms with Crippen molar-refractivity contribution in [2.24, 2.45) is 0 Å². The summed E-state index contributed by atoms with van der Waals surface area (Å²) in [4.78, 5) is 11.9. The van der Waals surface area contributed by atoms with Gasteiger partial charge in [0, 0.05) is 5.56 Å². The van der Waals surface area contributed by atoms with Crippen LogP contribution in [0, 0.1) is 0 Å². The third-order valence-electron chi connectivity index (χ3n) is 2.18. The molecule has 0 N–H and O–H groups in total. The molecule has 1 aromatic rings. The Labute approximate surface area is 114 Å². The number of rotatable bonds is 9. The molecule has 5 nitrogen and oxygen atoms in total. The molecule has 0 aliphatic rings. The molecule has 0 spiro atoms. The zero-order chi connectivity index (χ0) is 14.1. The largest absolute Gasteiger partial charge is 0.497 e. The third-order valence-corrected chi connectivity index (χ3v) is 3.46. The van der Waals surface area contributed by atoms with E-state index < -0.39 is 8.60 Å². The van der Waals surface area contributed by atoms with E-state index in [1.54, 1.807) is 31.4 Å². The Morgan fingerprint density at radius 1 is 1.05 bits per heavy atom. The van der Waals surface area contributed by atoms with E-state index in [1.807, 2.05) is 13.8 Å². The summed E-state index contributed by atoms with van der Waals surface area (Å²) in [5, 5.41) is 0. The molecule has 1 rings (SSSR count). The van der Waals surface area contributed by atoms with Crippen molar-refractivity contribution in [3.63, 3.8) is 0 Å². The number of hydrogen-bond acceptors (Lipinski definition) is 5. The van der Waals surface area contributed by atoms with Gasteiger partial charge in [-0.1, -0.05) is 0 Å². The second-order valence-corrected chi connectivity index (χ2v) is 4.71. The first-order valence-corrected chi connectivity index (χ1v) is 7.16. The number of ketones is 1. The summed E-state index contributed by atoms with van der Waals surface area (Å²) < 4.78 is 20.9.